The van der Waals surface area contributed by atoms with E-state index in [9.17, 15) is 5.11 Å². The Morgan fingerprint density at radius 1 is 1.00 bits per heavy atom. The van der Waals surface area contributed by atoms with E-state index < -0.39 is 0 Å². The molecule has 0 heterocycles. The molecule has 0 saturated carbocycles. The van der Waals surface area contributed by atoms with Crippen molar-refractivity contribution in [2.24, 2.45) is 0 Å². The fourth-order valence-corrected chi connectivity index (χ4v) is 1.99. The molecule has 0 amide bonds. The maximum Gasteiger partial charge on any atom is 0.115 e. The van der Waals surface area contributed by atoms with E-state index in [0.717, 1.165) is 19.4 Å². The van der Waals surface area contributed by atoms with Crippen molar-refractivity contribution < 1.29 is 5.11 Å². The molecule has 0 radical (unpaired) electrons. The zero-order valence-electron chi connectivity index (χ0n) is 10.7. The van der Waals surface area contributed by atoms with Crippen LogP contribution in [0.4, 0.5) is 5.69 Å². The highest BCUT2D eigenvalue weighted by molar-refractivity contribution is 5.51. The summed E-state index contributed by atoms with van der Waals surface area (Å²) in [4.78, 5) is 0. The number of anilines is 1. The van der Waals surface area contributed by atoms with E-state index in [-0.39, 0.29) is 0 Å². The van der Waals surface area contributed by atoms with Crippen LogP contribution in [0.1, 0.15) is 24.5 Å². The Labute approximate surface area is 108 Å². The summed E-state index contributed by atoms with van der Waals surface area (Å²) < 4.78 is 0. The lowest BCUT2D eigenvalue weighted by molar-refractivity contribution is 0.475. The summed E-state index contributed by atoms with van der Waals surface area (Å²) in [5.41, 5.74) is 3.73. The third-order valence-electron chi connectivity index (χ3n) is 2.96. The molecule has 0 saturated heterocycles. The number of hydrogen-bond donors (Lipinski definition) is 2. The fourth-order valence-electron chi connectivity index (χ4n) is 1.99. The molecule has 2 heteroatoms. The van der Waals surface area contributed by atoms with Gasteiger partial charge in [-0.3, -0.25) is 0 Å². The standard InChI is InChI=1S/C16H19NO/c1-2-5-14-6-3-4-7-16(14)17-12-13-8-10-15(18)11-9-13/h3-4,6-11,17-18H,2,5,12H2,1H3. The predicted molar refractivity (Wildman–Crippen MR) is 75.9 cm³/mol. The summed E-state index contributed by atoms with van der Waals surface area (Å²) in [6.07, 6.45) is 2.25. The topological polar surface area (TPSA) is 32.3 Å². The number of benzene rings is 2. The van der Waals surface area contributed by atoms with E-state index in [1.807, 2.05) is 12.1 Å². The molecule has 0 aliphatic rings. The van der Waals surface area contributed by atoms with Gasteiger partial charge in [0.15, 0.2) is 0 Å². The average Bonchev–Trinajstić information content (AvgIpc) is 2.40. The lowest BCUT2D eigenvalue weighted by atomic mass is 10.1. The highest BCUT2D eigenvalue weighted by atomic mass is 16.3. The smallest absolute Gasteiger partial charge is 0.115 e. The van der Waals surface area contributed by atoms with Gasteiger partial charge < -0.3 is 10.4 Å². The summed E-state index contributed by atoms with van der Waals surface area (Å²) in [6.45, 7) is 2.97. The zero-order chi connectivity index (χ0) is 12.8. The molecule has 0 aromatic heterocycles. The molecule has 94 valence electrons. The Hall–Kier alpha value is -1.96. The first-order valence-electron chi connectivity index (χ1n) is 6.39. The monoisotopic (exact) mass is 241 g/mol. The molecule has 2 rings (SSSR count). The molecule has 2 aromatic carbocycles. The summed E-state index contributed by atoms with van der Waals surface area (Å²) in [5, 5.41) is 12.7. The Balaban J connectivity index is 2.03. The maximum absolute atomic E-state index is 9.24. The molecular weight excluding hydrogens is 222 g/mol. The van der Waals surface area contributed by atoms with Gasteiger partial charge in [-0.2, -0.15) is 0 Å². The number of phenolic OH excluding ortho intramolecular Hbond substituents is 1. The highest BCUT2D eigenvalue weighted by Crippen LogP contribution is 2.18. The van der Waals surface area contributed by atoms with Crippen LogP contribution in [0.15, 0.2) is 48.5 Å². The van der Waals surface area contributed by atoms with Crippen molar-refractivity contribution in [2.45, 2.75) is 26.3 Å². The molecule has 0 aliphatic carbocycles. The summed E-state index contributed by atoms with van der Waals surface area (Å²) >= 11 is 0. The second kappa shape index (κ2) is 6.10. The van der Waals surface area contributed by atoms with E-state index in [2.05, 4.69) is 36.5 Å². The van der Waals surface area contributed by atoms with Gasteiger partial charge in [-0.05, 0) is 35.7 Å². The third-order valence-corrected chi connectivity index (χ3v) is 2.96. The Bertz CT molecular complexity index is 491. The van der Waals surface area contributed by atoms with Crippen LogP contribution < -0.4 is 5.32 Å². The normalized spacial score (nSPS) is 10.3. The summed E-state index contributed by atoms with van der Waals surface area (Å²) in [6, 6.07) is 15.7. The van der Waals surface area contributed by atoms with Gasteiger partial charge in [-0.1, -0.05) is 43.7 Å². The van der Waals surface area contributed by atoms with Crippen LogP contribution in [0, 0.1) is 0 Å². The zero-order valence-corrected chi connectivity index (χ0v) is 10.7. The van der Waals surface area contributed by atoms with E-state index in [4.69, 9.17) is 0 Å². The van der Waals surface area contributed by atoms with Crippen LogP contribution in [-0.4, -0.2) is 5.11 Å². The number of phenols is 1. The van der Waals surface area contributed by atoms with Gasteiger partial charge in [0.05, 0.1) is 0 Å². The van der Waals surface area contributed by atoms with Gasteiger partial charge in [0.1, 0.15) is 5.75 Å². The first kappa shape index (κ1) is 12.5. The molecule has 2 N–H and O–H groups in total. The molecular formula is C16H19NO. The van der Waals surface area contributed by atoms with Gasteiger partial charge in [0.25, 0.3) is 0 Å². The minimum Gasteiger partial charge on any atom is -0.508 e. The second-order valence-electron chi connectivity index (χ2n) is 4.43. The number of rotatable bonds is 5. The van der Waals surface area contributed by atoms with Crippen LogP contribution in [0.5, 0.6) is 5.75 Å². The molecule has 0 atom stereocenters. The molecule has 0 unspecified atom stereocenters. The molecule has 0 aliphatic heterocycles. The van der Waals surface area contributed by atoms with E-state index in [0.29, 0.717) is 5.75 Å². The molecule has 2 nitrogen and oxygen atoms in total. The van der Waals surface area contributed by atoms with Gasteiger partial charge in [-0.25, -0.2) is 0 Å². The Kier molecular flexibility index (Phi) is 4.24. The van der Waals surface area contributed by atoms with Crippen molar-refractivity contribution in [3.05, 3.63) is 59.7 Å². The first-order chi connectivity index (χ1) is 8.79. The summed E-state index contributed by atoms with van der Waals surface area (Å²) in [5.74, 6) is 0.310. The van der Waals surface area contributed by atoms with E-state index >= 15 is 0 Å². The Morgan fingerprint density at radius 3 is 2.44 bits per heavy atom. The third kappa shape index (κ3) is 3.27. The van der Waals surface area contributed by atoms with Crippen LogP contribution in [0.2, 0.25) is 0 Å². The van der Waals surface area contributed by atoms with Crippen LogP contribution in [0.25, 0.3) is 0 Å². The number of para-hydroxylation sites is 1. The SMILES string of the molecule is CCCc1ccccc1NCc1ccc(O)cc1. The highest BCUT2D eigenvalue weighted by Gasteiger charge is 2.00. The Morgan fingerprint density at radius 2 is 1.72 bits per heavy atom. The van der Waals surface area contributed by atoms with Crippen molar-refractivity contribution in [1.82, 2.24) is 0 Å². The average molecular weight is 241 g/mol. The van der Waals surface area contributed by atoms with Crippen LogP contribution >= 0.6 is 0 Å². The van der Waals surface area contributed by atoms with Crippen molar-refractivity contribution in [3.63, 3.8) is 0 Å². The van der Waals surface area contributed by atoms with Crippen molar-refractivity contribution in [3.8, 4) is 5.75 Å². The quantitative estimate of drug-likeness (QED) is 0.830. The van der Waals surface area contributed by atoms with E-state index in [1.165, 1.54) is 16.8 Å². The van der Waals surface area contributed by atoms with Gasteiger partial charge in [-0.15, -0.1) is 0 Å². The largest absolute Gasteiger partial charge is 0.508 e. The lowest BCUT2D eigenvalue weighted by Gasteiger charge is -2.11. The molecule has 18 heavy (non-hydrogen) atoms. The van der Waals surface area contributed by atoms with Crippen molar-refractivity contribution in [2.75, 3.05) is 5.32 Å². The van der Waals surface area contributed by atoms with Crippen LogP contribution in [-0.2, 0) is 13.0 Å². The summed E-state index contributed by atoms with van der Waals surface area (Å²) in [7, 11) is 0. The van der Waals surface area contributed by atoms with E-state index in [1.54, 1.807) is 12.1 Å². The van der Waals surface area contributed by atoms with Gasteiger partial charge >= 0.3 is 0 Å². The fraction of sp³-hybridized carbons (Fsp3) is 0.250. The predicted octanol–water partition coefficient (Wildman–Crippen LogP) is 3.96. The first-order valence-corrected chi connectivity index (χ1v) is 6.39. The lowest BCUT2D eigenvalue weighted by Crippen LogP contribution is -2.02. The van der Waals surface area contributed by atoms with Gasteiger partial charge in [0, 0.05) is 12.2 Å². The number of hydrogen-bond acceptors (Lipinski definition) is 2. The molecule has 0 fully saturated rings. The van der Waals surface area contributed by atoms with Crippen molar-refractivity contribution >= 4 is 5.69 Å². The van der Waals surface area contributed by atoms with Crippen molar-refractivity contribution in [1.29, 1.82) is 0 Å². The second-order valence-corrected chi connectivity index (χ2v) is 4.43. The van der Waals surface area contributed by atoms with Gasteiger partial charge in [0.2, 0.25) is 0 Å². The number of aromatic hydroxyl groups is 1. The molecule has 2 aromatic rings. The number of nitrogens with one attached hydrogen (secondary N) is 1. The molecule has 0 bridgehead atoms. The number of aryl methyl sites for hydroxylation is 1. The minimum atomic E-state index is 0.310. The minimum absolute atomic E-state index is 0.310. The van der Waals surface area contributed by atoms with Crippen LogP contribution in [0.3, 0.4) is 0 Å². The maximum atomic E-state index is 9.24. The molecule has 0 spiro atoms.